The first kappa shape index (κ1) is 13.5. The van der Waals surface area contributed by atoms with Gasteiger partial charge < -0.3 is 5.32 Å². The highest BCUT2D eigenvalue weighted by Crippen LogP contribution is 2.28. The first-order chi connectivity index (χ1) is 10.1. The molecule has 0 radical (unpaired) electrons. The van der Waals surface area contributed by atoms with Crippen LogP contribution in [0.2, 0.25) is 0 Å². The minimum absolute atomic E-state index is 0.0678. The molecule has 0 bridgehead atoms. The van der Waals surface area contributed by atoms with Gasteiger partial charge in [0.2, 0.25) is 5.91 Å². The van der Waals surface area contributed by atoms with E-state index in [1.54, 1.807) is 12.1 Å². The van der Waals surface area contributed by atoms with Crippen molar-refractivity contribution in [2.45, 2.75) is 25.7 Å². The summed E-state index contributed by atoms with van der Waals surface area (Å²) >= 11 is 0. The second kappa shape index (κ2) is 5.12. The van der Waals surface area contributed by atoms with Crippen molar-refractivity contribution in [1.29, 1.82) is 0 Å². The molecule has 5 nitrogen and oxygen atoms in total. The van der Waals surface area contributed by atoms with E-state index in [1.165, 1.54) is 18.2 Å². The molecule has 2 aromatic rings. The number of carbonyl (C=O) groups is 2. The van der Waals surface area contributed by atoms with E-state index in [1.807, 2.05) is 6.92 Å². The summed E-state index contributed by atoms with van der Waals surface area (Å²) in [7, 11) is 0. The van der Waals surface area contributed by atoms with Crippen molar-refractivity contribution in [1.82, 2.24) is 9.78 Å². The number of aryl methyl sites for hydroxylation is 1. The molecular formula is C15H14FN3O2. The number of amides is 1. The van der Waals surface area contributed by atoms with Gasteiger partial charge in [-0.1, -0.05) is 31.5 Å². The smallest absolute Gasteiger partial charge is 0.265 e. The Labute approximate surface area is 120 Å². The van der Waals surface area contributed by atoms with Gasteiger partial charge in [-0.15, -0.1) is 0 Å². The van der Waals surface area contributed by atoms with E-state index in [4.69, 9.17) is 0 Å². The Kier molecular flexibility index (Phi) is 3.29. The van der Waals surface area contributed by atoms with Gasteiger partial charge in [-0.05, 0) is 12.5 Å². The Bertz CT molecular complexity index is 723. The van der Waals surface area contributed by atoms with Crippen LogP contribution >= 0.6 is 0 Å². The fraction of sp³-hybridized carbons (Fsp3) is 0.267. The lowest BCUT2D eigenvalue weighted by Gasteiger charge is -2.22. The molecule has 1 aliphatic heterocycles. The van der Waals surface area contributed by atoms with E-state index in [0.717, 1.165) is 16.8 Å². The number of rotatable bonds is 3. The van der Waals surface area contributed by atoms with Crippen LogP contribution in [-0.4, -0.2) is 21.6 Å². The summed E-state index contributed by atoms with van der Waals surface area (Å²) in [6, 6.07) is 7.47. The van der Waals surface area contributed by atoms with Crippen LogP contribution in [0.15, 0.2) is 30.3 Å². The molecule has 1 aliphatic rings. The summed E-state index contributed by atoms with van der Waals surface area (Å²) in [5.74, 6) is -2.48. The number of benzene rings is 1. The zero-order valence-electron chi connectivity index (χ0n) is 11.5. The summed E-state index contributed by atoms with van der Waals surface area (Å²) in [6.45, 7) is 2.00. The molecular weight excluding hydrogens is 273 g/mol. The number of nitrogens with zero attached hydrogens (tertiary/aromatic N) is 2. The molecule has 2 heterocycles. The van der Waals surface area contributed by atoms with Crippen LogP contribution in [0.5, 0.6) is 0 Å². The average Bonchev–Trinajstić information content (AvgIpc) is 2.84. The molecule has 0 saturated heterocycles. The SMILES string of the molecule is CCCc1cc2n(n1)C(=O)C(c1ccccc1F)C(=O)N2. The highest BCUT2D eigenvalue weighted by Gasteiger charge is 2.38. The molecule has 3 rings (SSSR count). The first-order valence-corrected chi connectivity index (χ1v) is 6.80. The lowest BCUT2D eigenvalue weighted by atomic mass is 9.95. The topological polar surface area (TPSA) is 64.0 Å². The Hall–Kier alpha value is -2.50. The lowest BCUT2D eigenvalue weighted by Crippen LogP contribution is -2.38. The van der Waals surface area contributed by atoms with E-state index in [0.29, 0.717) is 12.2 Å². The fourth-order valence-electron chi connectivity index (χ4n) is 2.48. The quantitative estimate of drug-likeness (QED) is 0.881. The number of carbonyl (C=O) groups excluding carboxylic acids is 2. The van der Waals surface area contributed by atoms with Crippen molar-refractivity contribution in [3.63, 3.8) is 0 Å². The third-order valence-corrected chi connectivity index (χ3v) is 3.45. The van der Waals surface area contributed by atoms with E-state index < -0.39 is 23.5 Å². The normalized spacial score (nSPS) is 17.5. The number of hydrogen-bond acceptors (Lipinski definition) is 3. The van der Waals surface area contributed by atoms with Crippen LogP contribution in [-0.2, 0) is 11.2 Å². The van der Waals surface area contributed by atoms with Crippen molar-refractivity contribution >= 4 is 17.6 Å². The minimum Gasteiger partial charge on any atom is -0.309 e. The van der Waals surface area contributed by atoms with Crippen molar-refractivity contribution in [3.05, 3.63) is 47.4 Å². The van der Waals surface area contributed by atoms with Gasteiger partial charge >= 0.3 is 0 Å². The Morgan fingerprint density at radius 3 is 2.81 bits per heavy atom. The molecule has 1 N–H and O–H groups in total. The number of nitrogens with one attached hydrogen (secondary N) is 1. The van der Waals surface area contributed by atoms with Crippen LogP contribution in [0.25, 0.3) is 0 Å². The van der Waals surface area contributed by atoms with Gasteiger partial charge in [-0.25, -0.2) is 4.39 Å². The summed E-state index contributed by atoms with van der Waals surface area (Å²) < 4.78 is 15.0. The van der Waals surface area contributed by atoms with E-state index in [-0.39, 0.29) is 5.56 Å². The Morgan fingerprint density at radius 1 is 1.33 bits per heavy atom. The molecule has 1 aromatic heterocycles. The molecule has 0 fully saturated rings. The average molecular weight is 287 g/mol. The van der Waals surface area contributed by atoms with E-state index >= 15 is 0 Å². The first-order valence-electron chi connectivity index (χ1n) is 6.80. The van der Waals surface area contributed by atoms with Gasteiger partial charge in [0.1, 0.15) is 17.6 Å². The zero-order chi connectivity index (χ0) is 15.0. The van der Waals surface area contributed by atoms with Gasteiger partial charge in [0.05, 0.1) is 5.69 Å². The molecule has 108 valence electrons. The number of halogens is 1. The lowest BCUT2D eigenvalue weighted by molar-refractivity contribution is -0.117. The van der Waals surface area contributed by atoms with Crippen molar-refractivity contribution < 1.29 is 14.0 Å². The predicted molar refractivity (Wildman–Crippen MR) is 74.6 cm³/mol. The molecule has 1 aromatic carbocycles. The molecule has 1 unspecified atom stereocenters. The zero-order valence-corrected chi connectivity index (χ0v) is 11.5. The summed E-state index contributed by atoms with van der Waals surface area (Å²) in [4.78, 5) is 24.6. The molecule has 1 atom stereocenters. The highest BCUT2D eigenvalue weighted by molar-refractivity contribution is 6.15. The predicted octanol–water partition coefficient (Wildman–Crippen LogP) is 2.35. The van der Waals surface area contributed by atoms with Crippen LogP contribution in [0.4, 0.5) is 10.2 Å². The number of anilines is 1. The molecule has 6 heteroatoms. The van der Waals surface area contributed by atoms with Crippen LogP contribution < -0.4 is 5.32 Å². The summed E-state index contributed by atoms with van der Waals surface area (Å²) in [5.41, 5.74) is 0.800. The molecule has 0 aliphatic carbocycles. The van der Waals surface area contributed by atoms with Gasteiger partial charge in [0.25, 0.3) is 5.91 Å². The van der Waals surface area contributed by atoms with E-state index in [9.17, 15) is 14.0 Å². The number of aromatic nitrogens is 2. The standard InChI is InChI=1S/C15H14FN3O2/c1-2-5-9-8-12-17-14(20)13(15(21)19(12)18-9)10-6-3-4-7-11(10)16/h3-4,6-8,13H,2,5H2,1H3,(H,17,20). The van der Waals surface area contributed by atoms with Crippen LogP contribution in [0.1, 0.15) is 35.3 Å². The maximum Gasteiger partial charge on any atom is 0.265 e. The van der Waals surface area contributed by atoms with Gasteiger partial charge in [0.15, 0.2) is 0 Å². The van der Waals surface area contributed by atoms with Gasteiger partial charge in [-0.3, -0.25) is 9.59 Å². The van der Waals surface area contributed by atoms with Crippen molar-refractivity contribution in [2.75, 3.05) is 5.32 Å². The van der Waals surface area contributed by atoms with Crippen LogP contribution in [0.3, 0.4) is 0 Å². The molecule has 21 heavy (non-hydrogen) atoms. The number of hydrogen-bond donors (Lipinski definition) is 1. The summed E-state index contributed by atoms with van der Waals surface area (Å²) in [5, 5.41) is 6.81. The number of fused-ring (bicyclic) bond motifs is 1. The van der Waals surface area contributed by atoms with Gasteiger partial charge in [0, 0.05) is 11.6 Å². The highest BCUT2D eigenvalue weighted by atomic mass is 19.1. The minimum atomic E-state index is -1.20. The van der Waals surface area contributed by atoms with Crippen molar-refractivity contribution in [3.8, 4) is 0 Å². The molecule has 0 saturated carbocycles. The maximum absolute atomic E-state index is 13.9. The summed E-state index contributed by atoms with van der Waals surface area (Å²) in [6.07, 6.45) is 1.60. The maximum atomic E-state index is 13.9. The van der Waals surface area contributed by atoms with E-state index in [2.05, 4.69) is 10.4 Å². The van der Waals surface area contributed by atoms with Gasteiger partial charge in [-0.2, -0.15) is 9.78 Å². The largest absolute Gasteiger partial charge is 0.309 e. The monoisotopic (exact) mass is 287 g/mol. The third-order valence-electron chi connectivity index (χ3n) is 3.45. The molecule has 1 amide bonds. The second-order valence-electron chi connectivity index (χ2n) is 4.96. The third kappa shape index (κ3) is 2.22. The van der Waals surface area contributed by atoms with Crippen LogP contribution in [0, 0.1) is 5.82 Å². The Balaban J connectivity index is 2.03. The van der Waals surface area contributed by atoms with Crippen molar-refractivity contribution in [2.24, 2.45) is 0 Å². The molecule has 0 spiro atoms. The Morgan fingerprint density at radius 2 is 2.10 bits per heavy atom. The second-order valence-corrected chi connectivity index (χ2v) is 4.96. The fourth-order valence-corrected chi connectivity index (χ4v) is 2.48.